The minimum atomic E-state index is -0.334. The summed E-state index contributed by atoms with van der Waals surface area (Å²) in [6.45, 7) is 2.96. The third-order valence-corrected chi connectivity index (χ3v) is 6.61. The highest BCUT2D eigenvalue weighted by Gasteiger charge is 2.29. The van der Waals surface area contributed by atoms with Crippen molar-refractivity contribution in [2.75, 3.05) is 24.3 Å². The summed E-state index contributed by atoms with van der Waals surface area (Å²) in [6.07, 6.45) is 7.31. The molecule has 4 rings (SSSR count). The van der Waals surface area contributed by atoms with Crippen LogP contribution in [0.2, 0.25) is 0 Å². The summed E-state index contributed by atoms with van der Waals surface area (Å²) >= 11 is 0. The number of hydrogen-bond acceptors (Lipinski definition) is 6. The van der Waals surface area contributed by atoms with Crippen molar-refractivity contribution >= 4 is 29.5 Å². The lowest BCUT2D eigenvalue weighted by Gasteiger charge is -2.32. The molecule has 0 unspecified atom stereocenters. The number of hydrogen-bond donors (Lipinski definition) is 2. The maximum absolute atomic E-state index is 12.8. The number of anilines is 2. The summed E-state index contributed by atoms with van der Waals surface area (Å²) in [4.78, 5) is 42.4. The lowest BCUT2D eigenvalue weighted by Crippen LogP contribution is -2.39. The molecule has 2 aliphatic rings. The summed E-state index contributed by atoms with van der Waals surface area (Å²) in [6, 6.07) is 7.25. The van der Waals surface area contributed by atoms with E-state index in [1.807, 2.05) is 31.2 Å². The number of nitrogens with one attached hydrogen (secondary N) is 2. The number of amides is 3. The molecule has 1 fully saturated rings. The van der Waals surface area contributed by atoms with Crippen molar-refractivity contribution < 1.29 is 23.9 Å². The van der Waals surface area contributed by atoms with Crippen LogP contribution in [0.3, 0.4) is 0 Å². The lowest BCUT2D eigenvalue weighted by molar-refractivity contribution is -0.142. The lowest BCUT2D eigenvalue weighted by atomic mass is 9.85. The summed E-state index contributed by atoms with van der Waals surface area (Å²) in [5.74, 6) is 0.123. The van der Waals surface area contributed by atoms with E-state index in [4.69, 9.17) is 9.47 Å². The average Bonchev–Trinajstić information content (AvgIpc) is 2.84. The van der Waals surface area contributed by atoms with Crippen LogP contribution < -0.4 is 10.6 Å². The normalized spacial score (nSPS) is 19.3. The molecule has 1 aliphatic heterocycles. The van der Waals surface area contributed by atoms with Crippen LogP contribution >= 0.6 is 0 Å². The molecule has 2 aromatic rings. The fourth-order valence-corrected chi connectivity index (χ4v) is 4.69. The van der Waals surface area contributed by atoms with Crippen LogP contribution in [0, 0.1) is 12.8 Å². The Morgan fingerprint density at radius 3 is 2.54 bits per heavy atom. The Bertz CT molecular complexity index is 1080. The number of carbonyl (C=O) groups excluding carboxylic acids is 3. The first-order valence-corrected chi connectivity index (χ1v) is 12.0. The number of methoxy groups -OCH3 is 1. The molecule has 2 heterocycles. The molecule has 35 heavy (non-hydrogen) atoms. The van der Waals surface area contributed by atoms with Gasteiger partial charge in [-0.2, -0.15) is 0 Å². The summed E-state index contributed by atoms with van der Waals surface area (Å²) in [5.41, 5.74) is 4.44. The number of aromatic nitrogens is 1. The molecule has 186 valence electrons. The third-order valence-electron chi connectivity index (χ3n) is 6.61. The van der Waals surface area contributed by atoms with E-state index in [1.54, 1.807) is 17.3 Å². The molecule has 1 aromatic heterocycles. The van der Waals surface area contributed by atoms with Gasteiger partial charge in [-0.15, -0.1) is 0 Å². The Labute approximate surface area is 205 Å². The Hall–Kier alpha value is -3.62. The quantitative estimate of drug-likeness (QED) is 0.603. The number of rotatable bonds is 5. The van der Waals surface area contributed by atoms with E-state index < -0.39 is 0 Å². The van der Waals surface area contributed by atoms with Crippen LogP contribution in [0.4, 0.5) is 21.0 Å². The predicted molar refractivity (Wildman–Crippen MR) is 131 cm³/mol. The molecular weight excluding hydrogens is 448 g/mol. The van der Waals surface area contributed by atoms with E-state index in [-0.39, 0.29) is 24.2 Å². The largest absolute Gasteiger partial charge is 0.469 e. The van der Waals surface area contributed by atoms with E-state index in [9.17, 15) is 14.4 Å². The molecule has 0 radical (unpaired) electrons. The second-order valence-corrected chi connectivity index (χ2v) is 9.29. The zero-order valence-corrected chi connectivity index (χ0v) is 20.2. The molecule has 0 atom stereocenters. The number of esters is 1. The molecule has 9 heteroatoms. The van der Waals surface area contributed by atoms with Crippen LogP contribution in [-0.2, 0) is 27.2 Å². The fourth-order valence-electron chi connectivity index (χ4n) is 4.69. The van der Waals surface area contributed by atoms with Gasteiger partial charge in [0.2, 0.25) is 0 Å². The zero-order chi connectivity index (χ0) is 24.8. The molecule has 0 spiro atoms. The van der Waals surface area contributed by atoms with Gasteiger partial charge in [0.1, 0.15) is 6.10 Å². The van der Waals surface area contributed by atoms with Crippen LogP contribution in [0.15, 0.2) is 36.7 Å². The number of benzene rings is 1. The highest BCUT2D eigenvalue weighted by Crippen LogP contribution is 2.30. The Balaban J connectivity index is 1.26. The minimum absolute atomic E-state index is 0.105. The van der Waals surface area contributed by atoms with E-state index >= 15 is 0 Å². The Morgan fingerprint density at radius 1 is 1.03 bits per heavy atom. The van der Waals surface area contributed by atoms with Crippen molar-refractivity contribution in [2.24, 2.45) is 5.92 Å². The Morgan fingerprint density at radius 2 is 1.80 bits per heavy atom. The maximum Gasteiger partial charge on any atom is 0.410 e. The first kappa shape index (κ1) is 24.5. The van der Waals surface area contributed by atoms with E-state index in [1.165, 1.54) is 7.11 Å². The highest BCUT2D eigenvalue weighted by atomic mass is 16.6. The van der Waals surface area contributed by atoms with Gasteiger partial charge in [0.05, 0.1) is 19.0 Å². The monoisotopic (exact) mass is 480 g/mol. The molecule has 9 nitrogen and oxygen atoms in total. The summed E-state index contributed by atoms with van der Waals surface area (Å²) in [7, 11) is 1.41. The number of carbonyl (C=O) groups is 3. The van der Waals surface area contributed by atoms with Crippen molar-refractivity contribution in [1.82, 2.24) is 9.88 Å². The fraction of sp³-hybridized carbons (Fsp3) is 0.462. The van der Waals surface area contributed by atoms with Gasteiger partial charge in [-0.3, -0.25) is 9.78 Å². The SMILES string of the molecule is COC(=O)C[C@H]1CC[C@H](OC(=O)N2CCc3cc(NC(=O)Nc4cncc(C)c4)ccc3C2)CC1. The molecule has 1 saturated carbocycles. The van der Waals surface area contributed by atoms with Crippen molar-refractivity contribution in [3.63, 3.8) is 0 Å². The van der Waals surface area contributed by atoms with Gasteiger partial charge in [-0.05, 0) is 79.8 Å². The molecular formula is C26H32N4O5. The number of urea groups is 1. The first-order chi connectivity index (χ1) is 16.9. The summed E-state index contributed by atoms with van der Waals surface area (Å²) in [5, 5.41) is 5.64. The molecule has 3 amide bonds. The molecule has 0 bridgehead atoms. The van der Waals surface area contributed by atoms with Crippen LogP contribution in [0.25, 0.3) is 0 Å². The van der Waals surface area contributed by atoms with Gasteiger partial charge in [-0.25, -0.2) is 9.59 Å². The third kappa shape index (κ3) is 6.71. The average molecular weight is 481 g/mol. The highest BCUT2D eigenvalue weighted by molar-refractivity contribution is 5.99. The molecule has 0 saturated heterocycles. The minimum Gasteiger partial charge on any atom is -0.469 e. The van der Waals surface area contributed by atoms with Crippen molar-refractivity contribution in [2.45, 2.75) is 58.1 Å². The number of fused-ring (bicyclic) bond motifs is 1. The Kier molecular flexibility index (Phi) is 7.84. The van der Waals surface area contributed by atoms with Crippen LogP contribution in [-0.4, -0.2) is 47.7 Å². The molecule has 1 aromatic carbocycles. The van der Waals surface area contributed by atoms with Gasteiger partial charge in [-0.1, -0.05) is 6.07 Å². The predicted octanol–water partition coefficient (Wildman–Crippen LogP) is 4.65. The summed E-state index contributed by atoms with van der Waals surface area (Å²) < 4.78 is 10.5. The van der Waals surface area contributed by atoms with E-state index in [0.717, 1.165) is 42.4 Å². The van der Waals surface area contributed by atoms with Crippen molar-refractivity contribution in [3.05, 3.63) is 53.3 Å². The van der Waals surface area contributed by atoms with E-state index in [0.29, 0.717) is 43.2 Å². The number of nitrogens with zero attached hydrogens (tertiary/aromatic N) is 2. The second kappa shape index (κ2) is 11.2. The van der Waals surface area contributed by atoms with Gasteiger partial charge in [0.15, 0.2) is 0 Å². The van der Waals surface area contributed by atoms with Crippen LogP contribution in [0.1, 0.15) is 48.8 Å². The molecule has 2 N–H and O–H groups in total. The van der Waals surface area contributed by atoms with Crippen LogP contribution in [0.5, 0.6) is 0 Å². The standard InChI is InChI=1S/C26H32N4O5/c1-17-11-22(15-27-14-17)29-25(32)28-21-6-5-20-16-30(10-9-19(20)13-21)26(33)35-23-7-3-18(4-8-23)12-24(31)34-2/h5-6,11,13-15,18,23H,3-4,7-10,12,16H2,1-2H3,(H2,28,29,32)/t18-,23-. The maximum atomic E-state index is 12.8. The van der Waals surface area contributed by atoms with Crippen molar-refractivity contribution in [1.29, 1.82) is 0 Å². The van der Waals surface area contributed by atoms with Crippen molar-refractivity contribution in [3.8, 4) is 0 Å². The smallest absolute Gasteiger partial charge is 0.410 e. The number of ether oxygens (including phenoxy) is 2. The number of pyridine rings is 1. The van der Waals surface area contributed by atoms with Gasteiger partial charge in [0, 0.05) is 31.4 Å². The van der Waals surface area contributed by atoms with Gasteiger partial charge in [0.25, 0.3) is 0 Å². The van der Waals surface area contributed by atoms with Gasteiger partial charge < -0.3 is 25.0 Å². The number of aryl methyl sites for hydroxylation is 1. The zero-order valence-electron chi connectivity index (χ0n) is 20.2. The van der Waals surface area contributed by atoms with Gasteiger partial charge >= 0.3 is 18.1 Å². The van der Waals surface area contributed by atoms with E-state index in [2.05, 4.69) is 15.6 Å². The first-order valence-electron chi connectivity index (χ1n) is 12.0. The topological polar surface area (TPSA) is 110 Å². The second-order valence-electron chi connectivity index (χ2n) is 9.29. The molecule has 1 aliphatic carbocycles.